The fraction of sp³-hybridized carbons (Fsp3) is 0.923. The van der Waals surface area contributed by atoms with Crippen LogP contribution in [-0.2, 0) is 15.0 Å². The minimum absolute atomic E-state index is 0.0533. The first kappa shape index (κ1) is 15.7. The Morgan fingerprint density at radius 2 is 1.55 bits per heavy atom. The molecule has 0 saturated carbocycles. The van der Waals surface area contributed by atoms with Gasteiger partial charge in [0.25, 0.3) is 10.2 Å². The van der Waals surface area contributed by atoms with Crippen molar-refractivity contribution in [1.82, 2.24) is 13.9 Å². The molecule has 0 aromatic carbocycles. The normalized spacial score (nSPS) is 23.4. The van der Waals surface area contributed by atoms with Gasteiger partial charge < -0.3 is 5.32 Å². The van der Waals surface area contributed by atoms with Crippen LogP contribution in [0, 0.1) is 5.92 Å². The Kier molecular flexibility index (Phi) is 5.04. The van der Waals surface area contributed by atoms with Crippen LogP contribution >= 0.6 is 0 Å². The zero-order valence-electron chi connectivity index (χ0n) is 12.3. The number of nitrogens with one attached hydrogen (secondary N) is 1. The number of carbonyl (C=O) groups is 1. The number of carbonyl (C=O) groups excluding carboxylic acids is 1. The summed E-state index contributed by atoms with van der Waals surface area (Å²) in [5, 5.41) is 2.90. The maximum atomic E-state index is 12.4. The van der Waals surface area contributed by atoms with Crippen molar-refractivity contribution in [2.75, 3.05) is 26.2 Å². The number of amides is 1. The quantitative estimate of drug-likeness (QED) is 0.825. The van der Waals surface area contributed by atoms with Crippen molar-refractivity contribution in [3.63, 3.8) is 0 Å². The van der Waals surface area contributed by atoms with Crippen LogP contribution < -0.4 is 5.32 Å². The van der Waals surface area contributed by atoms with Gasteiger partial charge in [-0.25, -0.2) is 0 Å². The molecular formula is C13H25N3O3S. The summed E-state index contributed by atoms with van der Waals surface area (Å²) in [5.74, 6) is 0.000600. The van der Waals surface area contributed by atoms with Crippen LogP contribution in [0.25, 0.3) is 0 Å². The molecule has 2 aliphatic heterocycles. The Balaban J connectivity index is 1.89. The first-order valence-corrected chi connectivity index (χ1v) is 8.86. The predicted molar refractivity (Wildman–Crippen MR) is 77.3 cm³/mol. The van der Waals surface area contributed by atoms with Gasteiger partial charge in [0.15, 0.2) is 0 Å². The Labute approximate surface area is 121 Å². The van der Waals surface area contributed by atoms with E-state index in [0.717, 1.165) is 12.8 Å². The lowest BCUT2D eigenvalue weighted by Crippen LogP contribution is -2.48. The molecule has 2 fully saturated rings. The molecule has 20 heavy (non-hydrogen) atoms. The van der Waals surface area contributed by atoms with Crippen molar-refractivity contribution in [2.45, 2.75) is 45.6 Å². The van der Waals surface area contributed by atoms with Crippen LogP contribution in [0.5, 0.6) is 0 Å². The molecule has 2 saturated heterocycles. The van der Waals surface area contributed by atoms with Gasteiger partial charge in [-0.1, -0.05) is 0 Å². The summed E-state index contributed by atoms with van der Waals surface area (Å²) < 4.78 is 27.9. The SMILES string of the molecule is CC(C)NC(=O)C1CCN(S(=O)(=O)N2CCCC2)CC1. The molecule has 7 heteroatoms. The molecule has 2 heterocycles. The van der Waals surface area contributed by atoms with Gasteiger partial charge in [-0.15, -0.1) is 0 Å². The second kappa shape index (κ2) is 6.41. The molecule has 2 aliphatic rings. The zero-order chi connectivity index (χ0) is 14.8. The lowest BCUT2D eigenvalue weighted by Gasteiger charge is -2.33. The number of piperidine rings is 1. The van der Waals surface area contributed by atoms with Crippen LogP contribution in [0.1, 0.15) is 39.5 Å². The number of nitrogens with zero attached hydrogens (tertiary/aromatic N) is 2. The molecule has 1 amide bonds. The molecule has 0 radical (unpaired) electrons. The van der Waals surface area contributed by atoms with E-state index in [2.05, 4.69) is 5.32 Å². The lowest BCUT2D eigenvalue weighted by molar-refractivity contribution is -0.126. The Bertz CT molecular complexity index is 436. The summed E-state index contributed by atoms with van der Waals surface area (Å²) >= 11 is 0. The largest absolute Gasteiger partial charge is 0.354 e. The number of rotatable bonds is 4. The first-order chi connectivity index (χ1) is 9.41. The van der Waals surface area contributed by atoms with Crippen LogP contribution in [0.4, 0.5) is 0 Å². The molecule has 2 rings (SSSR count). The van der Waals surface area contributed by atoms with Gasteiger partial charge in [-0.2, -0.15) is 17.0 Å². The summed E-state index contributed by atoms with van der Waals surface area (Å²) in [6.07, 6.45) is 3.14. The van der Waals surface area contributed by atoms with Gasteiger partial charge >= 0.3 is 0 Å². The molecule has 0 bridgehead atoms. The van der Waals surface area contributed by atoms with Gasteiger partial charge in [-0.3, -0.25) is 4.79 Å². The molecule has 0 spiro atoms. The smallest absolute Gasteiger partial charge is 0.281 e. The summed E-state index contributed by atoms with van der Waals surface area (Å²) in [4.78, 5) is 11.9. The first-order valence-electron chi connectivity index (χ1n) is 7.47. The molecule has 6 nitrogen and oxygen atoms in total. The van der Waals surface area contributed by atoms with Crippen LogP contribution in [0.15, 0.2) is 0 Å². The lowest BCUT2D eigenvalue weighted by atomic mass is 9.97. The fourth-order valence-corrected chi connectivity index (χ4v) is 4.55. The van der Waals surface area contributed by atoms with E-state index in [0.29, 0.717) is 39.0 Å². The maximum Gasteiger partial charge on any atom is 0.281 e. The summed E-state index contributed by atoms with van der Waals surface area (Å²) in [6, 6.07) is 0.133. The van der Waals surface area contributed by atoms with E-state index in [9.17, 15) is 13.2 Å². The minimum Gasteiger partial charge on any atom is -0.354 e. The Morgan fingerprint density at radius 3 is 2.05 bits per heavy atom. The highest BCUT2D eigenvalue weighted by Gasteiger charge is 2.35. The van der Waals surface area contributed by atoms with Gasteiger partial charge in [-0.05, 0) is 39.5 Å². The van der Waals surface area contributed by atoms with Crippen molar-refractivity contribution in [1.29, 1.82) is 0 Å². The van der Waals surface area contributed by atoms with Crippen LogP contribution in [0.2, 0.25) is 0 Å². The second-order valence-corrected chi connectivity index (χ2v) is 7.88. The van der Waals surface area contributed by atoms with E-state index in [1.54, 1.807) is 4.31 Å². The third kappa shape index (κ3) is 3.51. The Hall–Kier alpha value is -0.660. The van der Waals surface area contributed by atoms with E-state index >= 15 is 0 Å². The fourth-order valence-electron chi connectivity index (χ4n) is 2.83. The molecule has 0 unspecified atom stereocenters. The van der Waals surface area contributed by atoms with Crippen molar-refractivity contribution >= 4 is 16.1 Å². The van der Waals surface area contributed by atoms with Crippen molar-refractivity contribution in [3.8, 4) is 0 Å². The topological polar surface area (TPSA) is 69.7 Å². The summed E-state index contributed by atoms with van der Waals surface area (Å²) in [7, 11) is -3.30. The maximum absolute atomic E-state index is 12.4. The monoisotopic (exact) mass is 303 g/mol. The molecule has 0 aromatic heterocycles. The standard InChI is InChI=1S/C13H25N3O3S/c1-11(2)14-13(17)12-5-9-16(10-6-12)20(18,19)15-7-3-4-8-15/h11-12H,3-10H2,1-2H3,(H,14,17). The van der Waals surface area contributed by atoms with E-state index in [4.69, 9.17) is 0 Å². The average Bonchev–Trinajstić information content (AvgIpc) is 2.92. The van der Waals surface area contributed by atoms with Gasteiger partial charge in [0.2, 0.25) is 5.91 Å². The zero-order valence-corrected chi connectivity index (χ0v) is 13.2. The molecule has 0 atom stereocenters. The highest BCUT2D eigenvalue weighted by Crippen LogP contribution is 2.23. The predicted octanol–water partition coefficient (Wildman–Crippen LogP) is 0.564. The second-order valence-electron chi connectivity index (χ2n) is 5.95. The van der Waals surface area contributed by atoms with E-state index in [-0.39, 0.29) is 17.9 Å². The van der Waals surface area contributed by atoms with Crippen LogP contribution in [-0.4, -0.2) is 55.2 Å². The van der Waals surface area contributed by atoms with E-state index in [1.807, 2.05) is 13.8 Å². The molecule has 0 aromatic rings. The van der Waals surface area contributed by atoms with E-state index in [1.165, 1.54) is 4.31 Å². The molecule has 1 N–H and O–H groups in total. The minimum atomic E-state index is -3.30. The van der Waals surface area contributed by atoms with Crippen LogP contribution in [0.3, 0.4) is 0 Å². The third-order valence-electron chi connectivity index (χ3n) is 3.97. The van der Waals surface area contributed by atoms with Crippen molar-refractivity contribution < 1.29 is 13.2 Å². The van der Waals surface area contributed by atoms with Crippen molar-refractivity contribution in [2.24, 2.45) is 5.92 Å². The Morgan fingerprint density at radius 1 is 1.05 bits per heavy atom. The van der Waals surface area contributed by atoms with E-state index < -0.39 is 10.2 Å². The average molecular weight is 303 g/mol. The summed E-state index contributed by atoms with van der Waals surface area (Å²) in [6.45, 7) is 6.05. The van der Waals surface area contributed by atoms with Crippen molar-refractivity contribution in [3.05, 3.63) is 0 Å². The van der Waals surface area contributed by atoms with Gasteiger partial charge in [0.1, 0.15) is 0 Å². The highest BCUT2D eigenvalue weighted by molar-refractivity contribution is 7.86. The highest BCUT2D eigenvalue weighted by atomic mass is 32.2. The van der Waals surface area contributed by atoms with Gasteiger partial charge in [0, 0.05) is 38.1 Å². The molecular weight excluding hydrogens is 278 g/mol. The van der Waals surface area contributed by atoms with Gasteiger partial charge in [0.05, 0.1) is 0 Å². The summed E-state index contributed by atoms with van der Waals surface area (Å²) in [5.41, 5.74) is 0. The molecule has 116 valence electrons. The number of hydrogen-bond donors (Lipinski definition) is 1. The third-order valence-corrected chi connectivity index (χ3v) is 6.01. The molecule has 0 aliphatic carbocycles. The number of hydrogen-bond acceptors (Lipinski definition) is 3.